The molecule has 0 aliphatic heterocycles. The smallest absolute Gasteiger partial charge is 0.369 e. The standard InChI is InChI=1S/C20H19N7O6/c1-2-13-11-23-19(25-18(13)14-4-3-5-15(10-14)26(29)30)20(28)33-24-9-8-21-17-7-6-16(12-22-17)27(31)32/h3-7,10-12,24H,2,8-9H2,1H3,(H,21,22). The van der Waals surface area contributed by atoms with Crippen molar-refractivity contribution < 1.29 is 19.5 Å². The van der Waals surface area contributed by atoms with Crippen LogP contribution in [0.5, 0.6) is 0 Å². The number of aryl methyl sites for hydroxylation is 1. The first-order valence-electron chi connectivity index (χ1n) is 9.78. The van der Waals surface area contributed by atoms with Crippen molar-refractivity contribution >= 4 is 23.2 Å². The lowest BCUT2D eigenvalue weighted by Gasteiger charge is -2.10. The molecule has 0 spiro atoms. The van der Waals surface area contributed by atoms with Gasteiger partial charge in [-0.2, -0.15) is 5.48 Å². The van der Waals surface area contributed by atoms with E-state index >= 15 is 0 Å². The molecular weight excluding hydrogens is 434 g/mol. The van der Waals surface area contributed by atoms with Gasteiger partial charge < -0.3 is 10.2 Å². The van der Waals surface area contributed by atoms with Crippen molar-refractivity contribution in [3.05, 3.63) is 80.4 Å². The van der Waals surface area contributed by atoms with Crippen LogP contribution in [-0.2, 0) is 11.3 Å². The summed E-state index contributed by atoms with van der Waals surface area (Å²) in [6.07, 6.45) is 3.18. The Bertz CT molecular complexity index is 1170. The first kappa shape index (κ1) is 23.1. The van der Waals surface area contributed by atoms with E-state index in [2.05, 4.69) is 25.7 Å². The molecule has 0 aliphatic carbocycles. The molecule has 0 atom stereocenters. The van der Waals surface area contributed by atoms with Crippen LogP contribution in [0.25, 0.3) is 11.3 Å². The van der Waals surface area contributed by atoms with Gasteiger partial charge >= 0.3 is 5.97 Å². The van der Waals surface area contributed by atoms with E-state index in [0.717, 1.165) is 11.8 Å². The minimum atomic E-state index is -0.821. The van der Waals surface area contributed by atoms with Crippen molar-refractivity contribution in [1.82, 2.24) is 20.4 Å². The van der Waals surface area contributed by atoms with E-state index in [4.69, 9.17) is 4.84 Å². The number of nitro benzene ring substituents is 1. The molecule has 0 saturated heterocycles. The zero-order valence-corrected chi connectivity index (χ0v) is 17.4. The van der Waals surface area contributed by atoms with Crippen LogP contribution in [0.15, 0.2) is 48.8 Å². The molecule has 170 valence electrons. The molecule has 0 radical (unpaired) electrons. The molecule has 0 bridgehead atoms. The summed E-state index contributed by atoms with van der Waals surface area (Å²) in [6.45, 7) is 2.40. The van der Waals surface area contributed by atoms with Gasteiger partial charge in [-0.1, -0.05) is 19.1 Å². The van der Waals surface area contributed by atoms with E-state index in [1.54, 1.807) is 12.1 Å². The van der Waals surface area contributed by atoms with E-state index in [-0.39, 0.29) is 23.7 Å². The number of rotatable bonds is 10. The molecule has 2 heterocycles. The van der Waals surface area contributed by atoms with Gasteiger partial charge in [0.15, 0.2) is 0 Å². The lowest BCUT2D eigenvalue weighted by molar-refractivity contribution is -0.385. The van der Waals surface area contributed by atoms with E-state index in [1.807, 2.05) is 6.92 Å². The molecule has 0 saturated carbocycles. The molecule has 13 heteroatoms. The fourth-order valence-corrected chi connectivity index (χ4v) is 2.78. The Kier molecular flexibility index (Phi) is 7.49. The van der Waals surface area contributed by atoms with Gasteiger partial charge in [0.25, 0.3) is 11.4 Å². The Morgan fingerprint density at radius 2 is 1.82 bits per heavy atom. The van der Waals surface area contributed by atoms with Crippen LogP contribution in [-0.4, -0.2) is 43.9 Å². The van der Waals surface area contributed by atoms with Gasteiger partial charge in [0.05, 0.1) is 15.5 Å². The van der Waals surface area contributed by atoms with E-state index in [1.165, 1.54) is 30.5 Å². The normalized spacial score (nSPS) is 10.5. The van der Waals surface area contributed by atoms with Crippen molar-refractivity contribution in [3.63, 3.8) is 0 Å². The lowest BCUT2D eigenvalue weighted by atomic mass is 10.0. The highest BCUT2D eigenvalue weighted by molar-refractivity contribution is 5.85. The number of nitrogens with one attached hydrogen (secondary N) is 2. The van der Waals surface area contributed by atoms with Crippen LogP contribution in [0.3, 0.4) is 0 Å². The van der Waals surface area contributed by atoms with Crippen molar-refractivity contribution in [2.24, 2.45) is 0 Å². The molecular formula is C20H19N7O6. The number of nitro groups is 2. The second kappa shape index (κ2) is 10.7. The Morgan fingerprint density at radius 1 is 1.03 bits per heavy atom. The second-order valence-corrected chi connectivity index (χ2v) is 6.60. The second-order valence-electron chi connectivity index (χ2n) is 6.60. The molecule has 0 aliphatic rings. The molecule has 3 rings (SSSR count). The molecule has 33 heavy (non-hydrogen) atoms. The fourth-order valence-electron chi connectivity index (χ4n) is 2.78. The summed E-state index contributed by atoms with van der Waals surface area (Å²) in [5.41, 5.74) is 3.89. The number of aromatic nitrogens is 3. The zero-order chi connectivity index (χ0) is 23.8. The van der Waals surface area contributed by atoms with Crippen LogP contribution < -0.4 is 10.8 Å². The van der Waals surface area contributed by atoms with Crippen LogP contribution in [0, 0.1) is 20.2 Å². The molecule has 1 aromatic carbocycles. The summed E-state index contributed by atoms with van der Waals surface area (Å²) < 4.78 is 0. The molecule has 2 aromatic heterocycles. The molecule has 2 N–H and O–H groups in total. The maximum Gasteiger partial charge on any atom is 0.395 e. The summed E-state index contributed by atoms with van der Waals surface area (Å²) in [7, 11) is 0. The molecule has 0 amide bonds. The third-order valence-corrected chi connectivity index (χ3v) is 4.42. The van der Waals surface area contributed by atoms with Crippen molar-refractivity contribution in [3.8, 4) is 11.3 Å². The van der Waals surface area contributed by atoms with Gasteiger partial charge in [-0.3, -0.25) is 20.2 Å². The molecule has 13 nitrogen and oxygen atoms in total. The number of non-ortho nitro benzene ring substituents is 1. The van der Waals surface area contributed by atoms with Crippen LogP contribution in [0.2, 0.25) is 0 Å². The Hall–Kier alpha value is -4.52. The Morgan fingerprint density at radius 3 is 2.48 bits per heavy atom. The highest BCUT2D eigenvalue weighted by Crippen LogP contribution is 2.25. The quantitative estimate of drug-likeness (QED) is 0.262. The predicted molar refractivity (Wildman–Crippen MR) is 116 cm³/mol. The molecule has 0 unspecified atom stereocenters. The number of carbonyl (C=O) groups excluding carboxylic acids is 1. The number of pyridine rings is 1. The highest BCUT2D eigenvalue weighted by Gasteiger charge is 2.17. The predicted octanol–water partition coefficient (Wildman–Crippen LogP) is 2.69. The summed E-state index contributed by atoms with van der Waals surface area (Å²) in [4.78, 5) is 50.1. The van der Waals surface area contributed by atoms with E-state index in [0.29, 0.717) is 30.0 Å². The zero-order valence-electron chi connectivity index (χ0n) is 17.4. The van der Waals surface area contributed by atoms with Gasteiger partial charge in [-0.05, 0) is 18.1 Å². The van der Waals surface area contributed by atoms with Crippen molar-refractivity contribution in [2.75, 3.05) is 18.4 Å². The molecule has 0 fully saturated rings. The third kappa shape index (κ3) is 6.01. The monoisotopic (exact) mass is 453 g/mol. The number of nitrogens with zero attached hydrogens (tertiary/aromatic N) is 5. The van der Waals surface area contributed by atoms with Crippen LogP contribution in [0.4, 0.5) is 17.2 Å². The van der Waals surface area contributed by atoms with Gasteiger partial charge in [-0.25, -0.2) is 19.7 Å². The summed E-state index contributed by atoms with van der Waals surface area (Å²) in [6, 6.07) is 8.74. The van der Waals surface area contributed by atoms with E-state index in [9.17, 15) is 25.0 Å². The summed E-state index contributed by atoms with van der Waals surface area (Å²) >= 11 is 0. The number of benzene rings is 1. The average molecular weight is 453 g/mol. The number of carbonyl (C=O) groups is 1. The van der Waals surface area contributed by atoms with Gasteiger partial charge in [-0.15, -0.1) is 0 Å². The highest BCUT2D eigenvalue weighted by atomic mass is 16.7. The van der Waals surface area contributed by atoms with Crippen molar-refractivity contribution in [1.29, 1.82) is 0 Å². The first-order chi connectivity index (χ1) is 15.9. The van der Waals surface area contributed by atoms with Crippen LogP contribution >= 0.6 is 0 Å². The third-order valence-electron chi connectivity index (χ3n) is 4.42. The van der Waals surface area contributed by atoms with Crippen molar-refractivity contribution in [2.45, 2.75) is 13.3 Å². The van der Waals surface area contributed by atoms with E-state index < -0.39 is 15.8 Å². The first-order valence-corrected chi connectivity index (χ1v) is 9.78. The minimum absolute atomic E-state index is 0.0889. The maximum absolute atomic E-state index is 12.3. The SMILES string of the molecule is CCc1cnc(C(=O)ONCCNc2ccc([N+](=O)[O-])cn2)nc1-c1cccc([N+](=O)[O-])c1. The number of hydrogen-bond acceptors (Lipinski definition) is 11. The largest absolute Gasteiger partial charge is 0.395 e. The fraction of sp³-hybridized carbons (Fsp3) is 0.200. The van der Waals surface area contributed by atoms with Gasteiger partial charge in [0.2, 0.25) is 5.82 Å². The topological polar surface area (TPSA) is 175 Å². The lowest BCUT2D eigenvalue weighted by Crippen LogP contribution is -2.27. The van der Waals surface area contributed by atoms with Gasteiger partial charge in [0.1, 0.15) is 12.0 Å². The maximum atomic E-state index is 12.3. The number of hydroxylamine groups is 1. The minimum Gasteiger partial charge on any atom is -0.369 e. The Balaban J connectivity index is 1.59. The average Bonchev–Trinajstić information content (AvgIpc) is 2.83. The molecule has 3 aromatic rings. The summed E-state index contributed by atoms with van der Waals surface area (Å²) in [5.74, 6) is -0.599. The Labute approximate surface area is 187 Å². The number of anilines is 1. The van der Waals surface area contributed by atoms with Gasteiger partial charge in [0, 0.05) is 43.0 Å². The summed E-state index contributed by atoms with van der Waals surface area (Å²) in [5, 5.41) is 24.6. The number of hydrogen-bond donors (Lipinski definition) is 2. The van der Waals surface area contributed by atoms with Crippen LogP contribution in [0.1, 0.15) is 23.1 Å².